The van der Waals surface area contributed by atoms with Gasteiger partial charge in [0.05, 0.1) is 7.11 Å². The van der Waals surface area contributed by atoms with E-state index in [0.29, 0.717) is 11.1 Å². The van der Waals surface area contributed by atoms with Crippen molar-refractivity contribution in [2.24, 2.45) is 17.8 Å². The first-order chi connectivity index (χ1) is 7.06. The number of hydrogen-bond acceptors (Lipinski definition) is 6. The second-order valence-electron chi connectivity index (χ2n) is 4.62. The highest BCUT2D eigenvalue weighted by Crippen LogP contribution is 2.51. The maximum Gasteiger partial charge on any atom is 0.0563 e. The van der Waals surface area contributed by atoms with Gasteiger partial charge in [-0.25, -0.2) is 0 Å². The first-order valence-corrected chi connectivity index (χ1v) is 5.22. The van der Waals surface area contributed by atoms with Crippen LogP contribution in [-0.4, -0.2) is 34.9 Å². The molecule has 0 heterocycles. The van der Waals surface area contributed by atoms with E-state index in [9.17, 15) is 10.4 Å². The van der Waals surface area contributed by atoms with E-state index in [0.717, 1.165) is 12.8 Å². The van der Waals surface area contributed by atoms with E-state index in [1.54, 1.807) is 0 Å². The van der Waals surface area contributed by atoms with Crippen LogP contribution in [0.5, 0.6) is 0 Å². The van der Waals surface area contributed by atoms with Gasteiger partial charge in [-0.15, -0.1) is 0 Å². The second-order valence-corrected chi connectivity index (χ2v) is 4.62. The normalized spacial score (nSPS) is 44.6. The van der Waals surface area contributed by atoms with Gasteiger partial charge >= 0.3 is 0 Å². The molecule has 1 N–H and O–H groups in total. The van der Waals surface area contributed by atoms with Gasteiger partial charge < -0.3 is 20.5 Å². The molecule has 2 saturated carbocycles. The molecule has 2 bridgehead atoms. The minimum Gasteiger partial charge on any atom is -0.762 e. The van der Waals surface area contributed by atoms with E-state index in [2.05, 4.69) is 11.8 Å². The first kappa shape index (κ1) is 11.3. The molecule has 0 radical (unpaired) electrons. The Labute approximate surface area is 88.5 Å². The van der Waals surface area contributed by atoms with Crippen LogP contribution in [0.2, 0.25) is 0 Å². The van der Waals surface area contributed by atoms with Crippen molar-refractivity contribution in [2.45, 2.75) is 31.8 Å². The number of rotatable bonds is 3. The molecular weight excluding hydrogens is 200 g/mol. The van der Waals surface area contributed by atoms with E-state index in [-0.39, 0.29) is 17.1 Å². The minimum absolute atomic E-state index is 0.0606. The molecule has 0 amide bonds. The molecule has 5 unspecified atom stereocenters. The molecule has 0 aliphatic heterocycles. The lowest BCUT2D eigenvalue weighted by atomic mass is 9.83. The first-order valence-electron chi connectivity index (χ1n) is 5.22. The predicted octanol–water partition coefficient (Wildman–Crippen LogP) is 0.950. The van der Waals surface area contributed by atoms with E-state index in [1.807, 2.05) is 0 Å². The summed E-state index contributed by atoms with van der Waals surface area (Å²) in [6, 6.07) is -1.17. The fraction of sp³-hybridized carbons (Fsp3) is 1.00. The molecule has 0 aromatic rings. The molecule has 6 heteroatoms. The molecule has 6 nitrogen and oxygen atoms in total. The van der Waals surface area contributed by atoms with Crippen molar-refractivity contribution in [3.05, 3.63) is 10.4 Å². The average molecular weight is 216 g/mol. The fourth-order valence-electron chi connectivity index (χ4n) is 3.33. The molecule has 0 aromatic heterocycles. The standard InChI is InChI=1S/C9H16N2O4/c1-5-3-6-4-7(5)9(10(12)13)8(6)11(14)15-2/h5-9,12H,3-4H2,1-2H3/q-2. The number of fused-ring (bicyclic) bond motifs is 2. The molecule has 2 rings (SSSR count). The number of nitrogens with zero attached hydrogens (tertiary/aromatic N) is 2. The van der Waals surface area contributed by atoms with Crippen molar-refractivity contribution in [3.8, 4) is 0 Å². The van der Waals surface area contributed by atoms with Gasteiger partial charge in [-0.05, 0) is 30.6 Å². The molecule has 2 fully saturated rings. The summed E-state index contributed by atoms with van der Waals surface area (Å²) < 4.78 is 0. The smallest absolute Gasteiger partial charge is 0.0563 e. The third kappa shape index (κ3) is 1.67. The molecule has 0 saturated heterocycles. The zero-order valence-electron chi connectivity index (χ0n) is 8.87. The SMILES string of the molecule is CON([O-])C1C2CC(C)C(C2)C1N([O-])O. The summed E-state index contributed by atoms with van der Waals surface area (Å²) in [5, 5.41) is 32.0. The highest BCUT2D eigenvalue weighted by molar-refractivity contribution is 5.06. The predicted molar refractivity (Wildman–Crippen MR) is 52.2 cm³/mol. The van der Waals surface area contributed by atoms with Gasteiger partial charge in [-0.1, -0.05) is 6.92 Å². The molecular formula is C9H16N2O4-2. The van der Waals surface area contributed by atoms with Gasteiger partial charge in [0.15, 0.2) is 0 Å². The lowest BCUT2D eigenvalue weighted by Gasteiger charge is -2.47. The average Bonchev–Trinajstić information content (AvgIpc) is 2.71. The summed E-state index contributed by atoms with van der Waals surface area (Å²) in [6.07, 6.45) is 1.76. The Kier molecular flexibility index (Phi) is 2.98. The Morgan fingerprint density at radius 2 is 1.93 bits per heavy atom. The van der Waals surface area contributed by atoms with Gasteiger partial charge in [0.1, 0.15) is 0 Å². The Morgan fingerprint density at radius 3 is 2.47 bits per heavy atom. The van der Waals surface area contributed by atoms with Gasteiger partial charge in [0.25, 0.3) is 0 Å². The van der Waals surface area contributed by atoms with Gasteiger partial charge in [-0.2, -0.15) is 0 Å². The summed E-state index contributed by atoms with van der Waals surface area (Å²) >= 11 is 0. The summed E-state index contributed by atoms with van der Waals surface area (Å²) in [4.78, 5) is 4.60. The lowest BCUT2D eigenvalue weighted by molar-refractivity contribution is -0.188. The monoisotopic (exact) mass is 216 g/mol. The van der Waals surface area contributed by atoms with Crippen LogP contribution in [0, 0.1) is 28.2 Å². The zero-order chi connectivity index (χ0) is 11.2. The van der Waals surface area contributed by atoms with Crippen molar-refractivity contribution in [1.29, 1.82) is 0 Å². The number of hydrogen-bond donors (Lipinski definition) is 1. The topological polar surface area (TPSA) is 82.1 Å². The fourth-order valence-corrected chi connectivity index (χ4v) is 3.33. The molecule has 0 aromatic carbocycles. The van der Waals surface area contributed by atoms with Gasteiger partial charge in [0, 0.05) is 12.1 Å². The molecule has 15 heavy (non-hydrogen) atoms. The highest BCUT2D eigenvalue weighted by atomic mass is 16.9. The Hall–Kier alpha value is -0.240. The zero-order valence-corrected chi connectivity index (χ0v) is 8.87. The Morgan fingerprint density at radius 1 is 1.27 bits per heavy atom. The molecule has 2 aliphatic carbocycles. The molecule has 2 aliphatic rings. The van der Waals surface area contributed by atoms with Crippen molar-refractivity contribution in [1.82, 2.24) is 10.5 Å². The van der Waals surface area contributed by atoms with Gasteiger partial charge in [0.2, 0.25) is 0 Å². The van der Waals surface area contributed by atoms with Crippen LogP contribution in [0.4, 0.5) is 0 Å². The van der Waals surface area contributed by atoms with E-state index in [4.69, 9.17) is 5.21 Å². The largest absolute Gasteiger partial charge is 0.762 e. The van der Waals surface area contributed by atoms with Crippen LogP contribution in [0.1, 0.15) is 19.8 Å². The van der Waals surface area contributed by atoms with Gasteiger partial charge in [-0.3, -0.25) is 10.5 Å². The Bertz CT molecular complexity index is 238. The maximum atomic E-state index is 11.4. The lowest BCUT2D eigenvalue weighted by Crippen LogP contribution is -2.51. The van der Waals surface area contributed by atoms with Crippen LogP contribution < -0.4 is 0 Å². The summed E-state index contributed by atoms with van der Waals surface area (Å²) in [7, 11) is 1.28. The van der Waals surface area contributed by atoms with E-state index in [1.165, 1.54) is 7.11 Å². The summed E-state index contributed by atoms with van der Waals surface area (Å²) in [5.74, 6) is 0.662. The van der Waals surface area contributed by atoms with Crippen molar-refractivity contribution >= 4 is 0 Å². The Balaban J connectivity index is 2.17. The maximum absolute atomic E-state index is 11.4. The molecule has 5 atom stereocenters. The summed E-state index contributed by atoms with van der Waals surface area (Å²) in [5.41, 5.74) is 0. The van der Waals surface area contributed by atoms with Crippen LogP contribution in [0.3, 0.4) is 0 Å². The van der Waals surface area contributed by atoms with E-state index >= 15 is 0 Å². The molecule has 0 spiro atoms. The van der Waals surface area contributed by atoms with Crippen molar-refractivity contribution in [2.75, 3.05) is 7.11 Å². The van der Waals surface area contributed by atoms with Crippen LogP contribution in [0.25, 0.3) is 0 Å². The van der Waals surface area contributed by atoms with E-state index < -0.39 is 12.1 Å². The van der Waals surface area contributed by atoms with Crippen molar-refractivity contribution in [3.63, 3.8) is 0 Å². The number of hydroxylamine groups is 4. The van der Waals surface area contributed by atoms with Crippen molar-refractivity contribution < 1.29 is 10.0 Å². The third-order valence-corrected chi connectivity index (χ3v) is 3.93. The second kappa shape index (κ2) is 3.97. The third-order valence-electron chi connectivity index (χ3n) is 3.93. The van der Waals surface area contributed by atoms with Crippen LogP contribution in [0.15, 0.2) is 0 Å². The summed E-state index contributed by atoms with van der Waals surface area (Å²) in [6.45, 7) is 2.05. The quantitative estimate of drug-likeness (QED) is 0.707. The molecule has 88 valence electrons. The highest BCUT2D eigenvalue weighted by Gasteiger charge is 2.52. The van der Waals surface area contributed by atoms with Crippen LogP contribution >= 0.6 is 0 Å². The van der Waals surface area contributed by atoms with Crippen LogP contribution in [-0.2, 0) is 4.84 Å². The minimum atomic E-state index is -0.642.